The fraction of sp³-hybridized carbons (Fsp3) is 0.519. The highest BCUT2D eigenvalue weighted by atomic mass is 16.5. The van der Waals surface area contributed by atoms with Crippen LogP contribution in [0.3, 0.4) is 0 Å². The fourth-order valence-corrected chi connectivity index (χ4v) is 4.30. The van der Waals surface area contributed by atoms with E-state index in [1.807, 2.05) is 31.2 Å². The van der Waals surface area contributed by atoms with E-state index in [1.165, 1.54) is 18.4 Å². The summed E-state index contributed by atoms with van der Waals surface area (Å²) in [5, 5.41) is 2.87. The van der Waals surface area contributed by atoms with E-state index in [9.17, 15) is 4.79 Å². The van der Waals surface area contributed by atoms with Gasteiger partial charge in [0, 0.05) is 19.0 Å². The Bertz CT molecular complexity index is 869. The van der Waals surface area contributed by atoms with Crippen molar-refractivity contribution in [1.29, 1.82) is 0 Å². The quantitative estimate of drug-likeness (QED) is 0.508. The van der Waals surface area contributed by atoms with Crippen LogP contribution in [0.2, 0.25) is 0 Å². The first kappa shape index (κ1) is 22.7. The van der Waals surface area contributed by atoms with Gasteiger partial charge in [0.05, 0.1) is 19.3 Å². The first-order valence-electron chi connectivity index (χ1n) is 11.9. The molecule has 32 heavy (non-hydrogen) atoms. The van der Waals surface area contributed by atoms with Crippen LogP contribution in [0.4, 0.5) is 0 Å². The molecule has 5 nitrogen and oxygen atoms in total. The minimum atomic E-state index is -0.00755. The van der Waals surface area contributed by atoms with Gasteiger partial charge < -0.3 is 19.5 Å². The summed E-state index contributed by atoms with van der Waals surface area (Å²) in [6.07, 6.45) is 7.23. The molecule has 2 saturated carbocycles. The zero-order valence-corrected chi connectivity index (χ0v) is 19.2. The van der Waals surface area contributed by atoms with E-state index in [0.717, 1.165) is 55.5 Å². The average Bonchev–Trinajstić information content (AvgIpc) is 3.62. The molecule has 0 heterocycles. The van der Waals surface area contributed by atoms with Gasteiger partial charge in [-0.2, -0.15) is 0 Å². The highest BCUT2D eigenvalue weighted by molar-refractivity contribution is 5.73. The van der Waals surface area contributed by atoms with Crippen molar-refractivity contribution in [3.8, 4) is 17.2 Å². The predicted octanol–water partition coefficient (Wildman–Crippen LogP) is 5.84. The Morgan fingerprint density at radius 2 is 1.69 bits per heavy atom. The molecular weight excluding hydrogens is 402 g/mol. The molecule has 0 bridgehead atoms. The number of benzene rings is 2. The van der Waals surface area contributed by atoms with Crippen molar-refractivity contribution in [2.24, 2.45) is 5.92 Å². The number of hydrogen-bond donors (Lipinski definition) is 1. The zero-order valence-electron chi connectivity index (χ0n) is 19.2. The van der Waals surface area contributed by atoms with Gasteiger partial charge in [0.2, 0.25) is 5.91 Å². The molecular formula is C27H35NO4. The van der Waals surface area contributed by atoms with Crippen LogP contribution in [0.25, 0.3) is 0 Å². The topological polar surface area (TPSA) is 56.8 Å². The molecule has 0 radical (unpaired) electrons. The van der Waals surface area contributed by atoms with Crippen LogP contribution >= 0.6 is 0 Å². The van der Waals surface area contributed by atoms with Crippen molar-refractivity contribution in [2.75, 3.05) is 13.2 Å². The van der Waals surface area contributed by atoms with Gasteiger partial charge in [-0.15, -0.1) is 0 Å². The fourth-order valence-electron chi connectivity index (χ4n) is 4.30. The van der Waals surface area contributed by atoms with Crippen molar-refractivity contribution in [1.82, 2.24) is 5.32 Å². The van der Waals surface area contributed by atoms with Crippen molar-refractivity contribution in [3.63, 3.8) is 0 Å². The van der Waals surface area contributed by atoms with E-state index in [0.29, 0.717) is 18.6 Å². The summed E-state index contributed by atoms with van der Waals surface area (Å²) >= 11 is 0. The molecule has 172 valence electrons. The number of hydrogen-bond acceptors (Lipinski definition) is 4. The molecule has 1 N–H and O–H groups in total. The molecule has 1 unspecified atom stereocenters. The van der Waals surface area contributed by atoms with Crippen LogP contribution in [-0.2, 0) is 9.53 Å². The van der Waals surface area contributed by atoms with Crippen LogP contribution in [0.5, 0.6) is 17.2 Å². The molecule has 1 atom stereocenters. The van der Waals surface area contributed by atoms with Crippen LogP contribution in [0.1, 0.15) is 63.9 Å². The molecule has 0 aromatic heterocycles. The first-order valence-corrected chi connectivity index (χ1v) is 11.9. The number of carbonyl (C=O) groups excluding carboxylic acids is 1. The number of rotatable bonds is 10. The molecule has 1 amide bonds. The maximum absolute atomic E-state index is 11.1. The number of ether oxygens (including phenoxy) is 3. The first-order chi connectivity index (χ1) is 15.5. The van der Waals surface area contributed by atoms with Gasteiger partial charge in [-0.05, 0) is 87.1 Å². The van der Waals surface area contributed by atoms with Crippen LogP contribution in [-0.4, -0.2) is 31.3 Å². The lowest BCUT2D eigenvalue weighted by molar-refractivity contribution is -0.120. The summed E-state index contributed by atoms with van der Waals surface area (Å²) < 4.78 is 17.9. The van der Waals surface area contributed by atoms with Crippen molar-refractivity contribution in [3.05, 3.63) is 54.1 Å². The average molecular weight is 438 g/mol. The summed E-state index contributed by atoms with van der Waals surface area (Å²) in [5.41, 5.74) is 1.36. The summed E-state index contributed by atoms with van der Waals surface area (Å²) in [6.45, 7) is 4.90. The van der Waals surface area contributed by atoms with Gasteiger partial charge in [0.15, 0.2) is 0 Å². The third-order valence-electron chi connectivity index (χ3n) is 6.28. The third-order valence-corrected chi connectivity index (χ3v) is 6.28. The summed E-state index contributed by atoms with van der Waals surface area (Å²) in [4.78, 5) is 11.1. The molecule has 4 rings (SSSR count). The minimum absolute atomic E-state index is 0.00755. The molecule has 0 spiro atoms. The largest absolute Gasteiger partial charge is 0.493 e. The maximum atomic E-state index is 11.1. The molecule has 2 aliphatic carbocycles. The van der Waals surface area contributed by atoms with E-state index < -0.39 is 0 Å². The third kappa shape index (κ3) is 6.99. The van der Waals surface area contributed by atoms with Gasteiger partial charge in [0.1, 0.15) is 17.2 Å². The van der Waals surface area contributed by atoms with Crippen molar-refractivity contribution >= 4 is 5.91 Å². The Morgan fingerprint density at radius 1 is 0.969 bits per heavy atom. The van der Waals surface area contributed by atoms with E-state index in [-0.39, 0.29) is 11.9 Å². The molecule has 2 aliphatic rings. The Hall–Kier alpha value is -2.53. The van der Waals surface area contributed by atoms with Crippen LogP contribution in [0.15, 0.2) is 48.5 Å². The van der Waals surface area contributed by atoms with Gasteiger partial charge in [-0.3, -0.25) is 4.79 Å². The molecule has 0 aliphatic heterocycles. The Balaban J connectivity index is 1.23. The standard InChI is InChI=1S/C27H35NO4/c1-19(28-20(2)29)17-30-24-12-8-22(9-13-24)23-10-14-25(15-11-23)32-27-5-3-4-26(16-27)31-18-21-6-7-21/h3-5,10-11,14-16,19,21-22,24H,6-9,12-13,17-18H2,1-2H3,(H,28,29)/t19?,22-,24-. The van der Waals surface area contributed by atoms with Crippen LogP contribution in [0, 0.1) is 5.92 Å². The lowest BCUT2D eigenvalue weighted by Crippen LogP contribution is -2.36. The van der Waals surface area contributed by atoms with E-state index in [1.54, 1.807) is 6.92 Å². The zero-order chi connectivity index (χ0) is 22.3. The Morgan fingerprint density at radius 3 is 2.38 bits per heavy atom. The molecule has 2 fully saturated rings. The maximum Gasteiger partial charge on any atom is 0.217 e. The smallest absolute Gasteiger partial charge is 0.217 e. The van der Waals surface area contributed by atoms with Gasteiger partial charge in [0.25, 0.3) is 0 Å². The van der Waals surface area contributed by atoms with E-state index >= 15 is 0 Å². The van der Waals surface area contributed by atoms with Crippen molar-refractivity contribution < 1.29 is 19.0 Å². The molecule has 0 saturated heterocycles. The highest BCUT2D eigenvalue weighted by Gasteiger charge is 2.24. The molecule has 2 aromatic carbocycles. The van der Waals surface area contributed by atoms with Crippen molar-refractivity contribution in [2.45, 2.75) is 70.4 Å². The monoisotopic (exact) mass is 437 g/mol. The Kier molecular flexibility index (Phi) is 7.69. The van der Waals surface area contributed by atoms with E-state index in [4.69, 9.17) is 14.2 Å². The van der Waals surface area contributed by atoms with Gasteiger partial charge in [-0.25, -0.2) is 0 Å². The van der Waals surface area contributed by atoms with Gasteiger partial charge in [-0.1, -0.05) is 18.2 Å². The lowest BCUT2D eigenvalue weighted by Gasteiger charge is -2.29. The Labute approximate surface area is 191 Å². The molecule has 5 heteroatoms. The number of carbonyl (C=O) groups is 1. The molecule has 2 aromatic rings. The number of amides is 1. The lowest BCUT2D eigenvalue weighted by atomic mass is 9.83. The van der Waals surface area contributed by atoms with E-state index in [2.05, 4.69) is 29.6 Å². The summed E-state index contributed by atoms with van der Waals surface area (Å²) in [6, 6.07) is 16.4. The second-order valence-electron chi connectivity index (χ2n) is 9.31. The second kappa shape index (κ2) is 10.9. The summed E-state index contributed by atoms with van der Waals surface area (Å²) in [5.74, 6) is 3.81. The normalized spacial score (nSPS) is 21.6. The SMILES string of the molecule is CC(=O)NC(C)CO[C@H]1CC[C@H](c2ccc(Oc3cccc(OCC4CC4)c3)cc2)CC1. The highest BCUT2D eigenvalue weighted by Crippen LogP contribution is 2.35. The predicted molar refractivity (Wildman–Crippen MR) is 125 cm³/mol. The van der Waals surface area contributed by atoms with Crippen LogP contribution < -0.4 is 14.8 Å². The number of nitrogens with one attached hydrogen (secondary N) is 1. The second-order valence-corrected chi connectivity index (χ2v) is 9.31. The summed E-state index contributed by atoms with van der Waals surface area (Å²) in [7, 11) is 0. The minimum Gasteiger partial charge on any atom is -0.493 e. The van der Waals surface area contributed by atoms with Gasteiger partial charge >= 0.3 is 0 Å².